The van der Waals surface area contributed by atoms with Gasteiger partial charge < -0.3 is 14.2 Å². The molecule has 0 saturated heterocycles. The summed E-state index contributed by atoms with van der Waals surface area (Å²) in [6.45, 7) is 2.07. The Balaban J connectivity index is 2.46. The highest BCUT2D eigenvalue weighted by Crippen LogP contribution is 2.19. The molecule has 0 atom stereocenters. The highest BCUT2D eigenvalue weighted by Gasteiger charge is 2.01. The fourth-order valence-corrected chi connectivity index (χ4v) is 1.83. The summed E-state index contributed by atoms with van der Waals surface area (Å²) in [5.41, 5.74) is 2.33. The second kappa shape index (κ2) is 8.50. The lowest BCUT2D eigenvalue weighted by atomic mass is 10.1. The molecule has 0 unspecified atom stereocenters. The molecule has 4 heteroatoms. The second-order valence-electron chi connectivity index (χ2n) is 3.72. The predicted molar refractivity (Wildman–Crippen MR) is 71.8 cm³/mol. The zero-order valence-electron chi connectivity index (χ0n) is 10.4. The minimum atomic E-state index is 0.612. The highest BCUT2D eigenvalue weighted by atomic mass is 79.9. The quantitative estimate of drug-likeness (QED) is 0.545. The standard InChI is InChI=1S/C13H19BrO3/c1-15-4-3-5-17-10-12-6-11(9-14)7-13(8-12)16-2/h6-8H,3-5,9-10H2,1-2H3. The van der Waals surface area contributed by atoms with Gasteiger partial charge in [-0.3, -0.25) is 0 Å². The first kappa shape index (κ1) is 14.5. The van der Waals surface area contributed by atoms with E-state index in [0.717, 1.165) is 29.7 Å². The minimum absolute atomic E-state index is 0.612. The molecule has 17 heavy (non-hydrogen) atoms. The van der Waals surface area contributed by atoms with Crippen LogP contribution in [-0.4, -0.2) is 27.4 Å². The van der Waals surface area contributed by atoms with Crippen LogP contribution in [0.2, 0.25) is 0 Å². The summed E-state index contributed by atoms with van der Waals surface area (Å²) >= 11 is 3.44. The molecule has 0 aliphatic rings. The Hall–Kier alpha value is -0.580. The van der Waals surface area contributed by atoms with E-state index in [-0.39, 0.29) is 0 Å². The zero-order valence-corrected chi connectivity index (χ0v) is 12.0. The van der Waals surface area contributed by atoms with E-state index in [1.54, 1.807) is 14.2 Å². The van der Waals surface area contributed by atoms with Crippen LogP contribution in [0.4, 0.5) is 0 Å². The molecule has 1 rings (SSSR count). The van der Waals surface area contributed by atoms with Crippen LogP contribution in [0.1, 0.15) is 17.5 Å². The van der Waals surface area contributed by atoms with Gasteiger partial charge in [0.15, 0.2) is 0 Å². The number of halogens is 1. The first-order valence-corrected chi connectivity index (χ1v) is 6.71. The molecule has 0 aromatic heterocycles. The number of alkyl halides is 1. The van der Waals surface area contributed by atoms with Crippen LogP contribution in [-0.2, 0) is 21.4 Å². The molecule has 0 aliphatic carbocycles. The van der Waals surface area contributed by atoms with Crippen molar-refractivity contribution in [2.24, 2.45) is 0 Å². The fraction of sp³-hybridized carbons (Fsp3) is 0.538. The van der Waals surface area contributed by atoms with E-state index in [1.807, 2.05) is 12.1 Å². The molecule has 0 aliphatic heterocycles. The van der Waals surface area contributed by atoms with E-state index in [2.05, 4.69) is 22.0 Å². The number of methoxy groups -OCH3 is 2. The normalized spacial score (nSPS) is 10.5. The summed E-state index contributed by atoms with van der Waals surface area (Å²) in [6, 6.07) is 6.14. The van der Waals surface area contributed by atoms with Gasteiger partial charge in [-0.1, -0.05) is 22.0 Å². The van der Waals surface area contributed by atoms with Gasteiger partial charge in [0.1, 0.15) is 5.75 Å². The van der Waals surface area contributed by atoms with Gasteiger partial charge in [-0.05, 0) is 29.7 Å². The Kier molecular flexibility index (Phi) is 7.24. The lowest BCUT2D eigenvalue weighted by Crippen LogP contribution is -2.00. The number of rotatable bonds is 8. The van der Waals surface area contributed by atoms with E-state index < -0.39 is 0 Å². The number of ether oxygens (including phenoxy) is 3. The first-order chi connectivity index (χ1) is 8.30. The molecule has 1 aromatic rings. The van der Waals surface area contributed by atoms with Gasteiger partial charge in [0, 0.05) is 25.7 Å². The smallest absolute Gasteiger partial charge is 0.119 e. The van der Waals surface area contributed by atoms with Crippen molar-refractivity contribution in [1.29, 1.82) is 0 Å². The minimum Gasteiger partial charge on any atom is -0.497 e. The van der Waals surface area contributed by atoms with Crippen LogP contribution in [0.15, 0.2) is 18.2 Å². The van der Waals surface area contributed by atoms with Crippen molar-refractivity contribution in [3.63, 3.8) is 0 Å². The Labute approximate surface area is 111 Å². The number of benzene rings is 1. The van der Waals surface area contributed by atoms with Crippen molar-refractivity contribution >= 4 is 15.9 Å². The van der Waals surface area contributed by atoms with Gasteiger partial charge in [-0.2, -0.15) is 0 Å². The van der Waals surface area contributed by atoms with Crippen molar-refractivity contribution in [2.75, 3.05) is 27.4 Å². The molecule has 96 valence electrons. The average molecular weight is 303 g/mol. The van der Waals surface area contributed by atoms with Gasteiger partial charge in [0.05, 0.1) is 13.7 Å². The molecule has 0 bridgehead atoms. The van der Waals surface area contributed by atoms with Gasteiger partial charge >= 0.3 is 0 Å². The van der Waals surface area contributed by atoms with Crippen LogP contribution in [0.25, 0.3) is 0 Å². The molecular formula is C13H19BrO3. The molecule has 0 radical (unpaired) electrons. The Morgan fingerprint density at radius 2 is 1.82 bits per heavy atom. The van der Waals surface area contributed by atoms with Gasteiger partial charge in [-0.15, -0.1) is 0 Å². The lowest BCUT2D eigenvalue weighted by Gasteiger charge is -2.08. The molecular weight excluding hydrogens is 284 g/mol. The van der Waals surface area contributed by atoms with Crippen LogP contribution < -0.4 is 4.74 Å². The molecule has 1 aromatic carbocycles. The largest absolute Gasteiger partial charge is 0.497 e. The average Bonchev–Trinajstić information content (AvgIpc) is 2.38. The van der Waals surface area contributed by atoms with Crippen LogP contribution in [0, 0.1) is 0 Å². The molecule has 0 heterocycles. The summed E-state index contributed by atoms with van der Waals surface area (Å²) in [4.78, 5) is 0. The summed E-state index contributed by atoms with van der Waals surface area (Å²) in [6.07, 6.45) is 0.922. The molecule has 0 fully saturated rings. The van der Waals surface area contributed by atoms with Crippen molar-refractivity contribution in [2.45, 2.75) is 18.4 Å². The van der Waals surface area contributed by atoms with Gasteiger partial charge in [0.25, 0.3) is 0 Å². The number of hydrogen-bond donors (Lipinski definition) is 0. The topological polar surface area (TPSA) is 27.7 Å². The van der Waals surface area contributed by atoms with Crippen LogP contribution >= 0.6 is 15.9 Å². The summed E-state index contributed by atoms with van der Waals surface area (Å²) in [5, 5.41) is 0.820. The summed E-state index contributed by atoms with van der Waals surface area (Å²) in [5.74, 6) is 0.873. The maximum absolute atomic E-state index is 5.57. The summed E-state index contributed by atoms with van der Waals surface area (Å²) < 4.78 is 15.8. The Bertz CT molecular complexity index is 306. The second-order valence-corrected chi connectivity index (χ2v) is 4.28. The molecule has 3 nitrogen and oxygen atoms in total. The van der Waals surface area contributed by atoms with Crippen LogP contribution in [0.5, 0.6) is 5.75 Å². The van der Waals surface area contributed by atoms with Gasteiger partial charge in [-0.25, -0.2) is 0 Å². The monoisotopic (exact) mass is 302 g/mol. The van der Waals surface area contributed by atoms with Gasteiger partial charge in [0.2, 0.25) is 0 Å². The molecule has 0 saturated carbocycles. The van der Waals surface area contributed by atoms with Crippen molar-refractivity contribution in [1.82, 2.24) is 0 Å². The molecule has 0 amide bonds. The highest BCUT2D eigenvalue weighted by molar-refractivity contribution is 9.08. The van der Waals surface area contributed by atoms with E-state index in [0.29, 0.717) is 13.2 Å². The van der Waals surface area contributed by atoms with E-state index in [9.17, 15) is 0 Å². The lowest BCUT2D eigenvalue weighted by molar-refractivity contribution is 0.0927. The Morgan fingerprint density at radius 1 is 1.06 bits per heavy atom. The Morgan fingerprint density at radius 3 is 2.47 bits per heavy atom. The third kappa shape index (κ3) is 5.52. The number of hydrogen-bond acceptors (Lipinski definition) is 3. The van der Waals surface area contributed by atoms with E-state index in [1.165, 1.54) is 5.56 Å². The predicted octanol–water partition coefficient (Wildman–Crippen LogP) is 3.14. The fourth-order valence-electron chi connectivity index (χ4n) is 1.50. The first-order valence-electron chi connectivity index (χ1n) is 5.59. The summed E-state index contributed by atoms with van der Waals surface area (Å²) in [7, 11) is 3.38. The molecule has 0 N–H and O–H groups in total. The molecule has 0 spiro atoms. The maximum atomic E-state index is 5.57. The third-order valence-corrected chi connectivity index (χ3v) is 2.97. The van der Waals surface area contributed by atoms with E-state index in [4.69, 9.17) is 14.2 Å². The van der Waals surface area contributed by atoms with Crippen LogP contribution in [0.3, 0.4) is 0 Å². The zero-order chi connectivity index (χ0) is 12.5. The van der Waals surface area contributed by atoms with Crippen molar-refractivity contribution < 1.29 is 14.2 Å². The van der Waals surface area contributed by atoms with Crippen molar-refractivity contribution in [3.05, 3.63) is 29.3 Å². The SMILES string of the molecule is COCCCOCc1cc(CBr)cc(OC)c1. The van der Waals surface area contributed by atoms with E-state index >= 15 is 0 Å². The van der Waals surface area contributed by atoms with Crippen molar-refractivity contribution in [3.8, 4) is 5.75 Å². The maximum Gasteiger partial charge on any atom is 0.119 e. The third-order valence-electron chi connectivity index (χ3n) is 2.32.